The van der Waals surface area contributed by atoms with E-state index in [0.717, 1.165) is 57.8 Å². The molecule has 28 heavy (non-hydrogen) atoms. The predicted octanol–water partition coefficient (Wildman–Crippen LogP) is 1.09. The molecule has 2 amide bonds. The normalized spacial score (nSPS) is 20.9. The Morgan fingerprint density at radius 1 is 1.21 bits per heavy atom. The zero-order valence-corrected chi connectivity index (χ0v) is 16.6. The number of hydrogen-bond acceptors (Lipinski definition) is 5. The van der Waals surface area contributed by atoms with Gasteiger partial charge in [-0.15, -0.1) is 0 Å². The Bertz CT molecular complexity index is 619. The fourth-order valence-corrected chi connectivity index (χ4v) is 3.76. The number of nitrogens with one attached hydrogen (secondary N) is 1. The molecule has 7 heteroatoms. The van der Waals surface area contributed by atoms with E-state index in [2.05, 4.69) is 15.2 Å². The molecule has 0 spiro atoms. The summed E-state index contributed by atoms with van der Waals surface area (Å²) >= 11 is 0. The Morgan fingerprint density at radius 2 is 2.07 bits per heavy atom. The number of amides is 2. The SMILES string of the molecule is O=C(NCCCCc1ccccn1)[C@H]1CCC(=O)N(CCN2CCOCC2)C1. The van der Waals surface area contributed by atoms with E-state index in [-0.39, 0.29) is 17.7 Å². The van der Waals surface area contributed by atoms with E-state index >= 15 is 0 Å². The molecule has 0 unspecified atom stereocenters. The van der Waals surface area contributed by atoms with Gasteiger partial charge in [-0.1, -0.05) is 6.07 Å². The van der Waals surface area contributed by atoms with Crippen LogP contribution in [0.4, 0.5) is 0 Å². The number of aryl methyl sites for hydroxylation is 1. The van der Waals surface area contributed by atoms with E-state index in [1.165, 1.54) is 0 Å². The Labute approximate surface area is 167 Å². The molecule has 3 rings (SSSR count). The smallest absolute Gasteiger partial charge is 0.224 e. The fourth-order valence-electron chi connectivity index (χ4n) is 3.76. The molecule has 2 saturated heterocycles. The minimum Gasteiger partial charge on any atom is -0.379 e. The molecule has 0 aliphatic carbocycles. The topological polar surface area (TPSA) is 74.8 Å². The maximum absolute atomic E-state index is 12.5. The molecule has 154 valence electrons. The van der Waals surface area contributed by atoms with Crippen LogP contribution >= 0.6 is 0 Å². The van der Waals surface area contributed by atoms with Crippen LogP contribution in [0, 0.1) is 5.92 Å². The summed E-state index contributed by atoms with van der Waals surface area (Å²) in [6.07, 6.45) is 5.82. The van der Waals surface area contributed by atoms with Gasteiger partial charge in [-0.2, -0.15) is 0 Å². The van der Waals surface area contributed by atoms with Crippen molar-refractivity contribution in [3.8, 4) is 0 Å². The summed E-state index contributed by atoms with van der Waals surface area (Å²) in [5.41, 5.74) is 1.09. The number of piperidine rings is 1. The first-order valence-corrected chi connectivity index (χ1v) is 10.5. The monoisotopic (exact) mass is 388 g/mol. The van der Waals surface area contributed by atoms with Crippen molar-refractivity contribution in [2.75, 3.05) is 52.5 Å². The molecule has 1 aromatic rings. The fraction of sp³-hybridized carbons (Fsp3) is 0.667. The van der Waals surface area contributed by atoms with Gasteiger partial charge in [0, 0.05) is 57.6 Å². The summed E-state index contributed by atoms with van der Waals surface area (Å²) in [4.78, 5) is 33.2. The first-order valence-electron chi connectivity index (χ1n) is 10.5. The van der Waals surface area contributed by atoms with Crippen molar-refractivity contribution in [3.63, 3.8) is 0 Å². The van der Waals surface area contributed by atoms with Crippen molar-refractivity contribution < 1.29 is 14.3 Å². The average Bonchev–Trinajstić information content (AvgIpc) is 2.74. The highest BCUT2D eigenvalue weighted by molar-refractivity contribution is 5.83. The van der Waals surface area contributed by atoms with Crippen LogP contribution in [-0.4, -0.2) is 79.1 Å². The van der Waals surface area contributed by atoms with Crippen molar-refractivity contribution >= 4 is 11.8 Å². The first-order chi connectivity index (χ1) is 13.7. The number of carbonyl (C=O) groups excluding carboxylic acids is 2. The molecule has 7 nitrogen and oxygen atoms in total. The molecule has 1 N–H and O–H groups in total. The number of hydrogen-bond donors (Lipinski definition) is 1. The average molecular weight is 389 g/mol. The third kappa shape index (κ3) is 6.56. The number of rotatable bonds is 9. The highest BCUT2D eigenvalue weighted by Gasteiger charge is 2.30. The lowest BCUT2D eigenvalue weighted by molar-refractivity contribution is -0.138. The third-order valence-corrected chi connectivity index (χ3v) is 5.55. The van der Waals surface area contributed by atoms with E-state index in [1.54, 1.807) is 0 Å². The van der Waals surface area contributed by atoms with Crippen molar-refractivity contribution in [3.05, 3.63) is 30.1 Å². The van der Waals surface area contributed by atoms with Gasteiger partial charge in [-0.3, -0.25) is 19.5 Å². The number of aromatic nitrogens is 1. The Kier molecular flexibility index (Phi) is 8.23. The molecule has 2 fully saturated rings. The molecule has 0 saturated carbocycles. The summed E-state index contributed by atoms with van der Waals surface area (Å²) < 4.78 is 5.36. The minimum atomic E-state index is -0.0850. The lowest BCUT2D eigenvalue weighted by atomic mass is 9.96. The van der Waals surface area contributed by atoms with Gasteiger partial charge in [-0.25, -0.2) is 0 Å². The van der Waals surface area contributed by atoms with Crippen LogP contribution < -0.4 is 5.32 Å². The molecule has 1 aromatic heterocycles. The summed E-state index contributed by atoms with van der Waals surface area (Å²) in [6.45, 7) is 6.16. The molecular weight excluding hydrogens is 356 g/mol. The van der Waals surface area contributed by atoms with Gasteiger partial charge in [0.05, 0.1) is 19.1 Å². The third-order valence-electron chi connectivity index (χ3n) is 5.55. The number of ether oxygens (including phenoxy) is 1. The predicted molar refractivity (Wildman–Crippen MR) is 107 cm³/mol. The second-order valence-electron chi connectivity index (χ2n) is 7.60. The van der Waals surface area contributed by atoms with Crippen molar-refractivity contribution in [1.82, 2.24) is 20.1 Å². The van der Waals surface area contributed by atoms with Gasteiger partial charge < -0.3 is 15.0 Å². The van der Waals surface area contributed by atoms with Gasteiger partial charge in [0.25, 0.3) is 0 Å². The summed E-state index contributed by atoms with van der Waals surface area (Å²) in [5.74, 6) is 0.174. The molecular formula is C21H32N4O3. The highest BCUT2D eigenvalue weighted by atomic mass is 16.5. The molecule has 3 heterocycles. The van der Waals surface area contributed by atoms with E-state index in [0.29, 0.717) is 32.5 Å². The first kappa shape index (κ1) is 20.7. The molecule has 0 radical (unpaired) electrons. The van der Waals surface area contributed by atoms with Crippen LogP contribution in [0.3, 0.4) is 0 Å². The van der Waals surface area contributed by atoms with E-state index in [1.807, 2.05) is 29.3 Å². The molecule has 2 aliphatic rings. The number of morpholine rings is 1. The second kappa shape index (κ2) is 11.1. The lowest BCUT2D eigenvalue weighted by Crippen LogP contribution is -2.49. The Hall–Kier alpha value is -1.99. The van der Waals surface area contributed by atoms with Gasteiger partial charge in [0.1, 0.15) is 0 Å². The summed E-state index contributed by atoms with van der Waals surface area (Å²) in [6, 6.07) is 5.95. The van der Waals surface area contributed by atoms with Gasteiger partial charge in [0.15, 0.2) is 0 Å². The van der Waals surface area contributed by atoms with E-state index in [9.17, 15) is 9.59 Å². The van der Waals surface area contributed by atoms with Crippen LogP contribution in [0.1, 0.15) is 31.4 Å². The lowest BCUT2D eigenvalue weighted by Gasteiger charge is -2.34. The number of unbranched alkanes of at least 4 members (excludes halogenated alkanes) is 1. The molecule has 0 bridgehead atoms. The van der Waals surface area contributed by atoms with E-state index < -0.39 is 0 Å². The summed E-state index contributed by atoms with van der Waals surface area (Å²) in [5, 5.41) is 3.06. The summed E-state index contributed by atoms with van der Waals surface area (Å²) in [7, 11) is 0. The standard InChI is InChI=1S/C21H32N4O3/c26-20-8-7-18(17-25(20)12-11-24-13-15-28-16-14-24)21(27)23-10-4-2-6-19-5-1-3-9-22-19/h1,3,5,9,18H,2,4,6-8,10-17H2,(H,23,27)/t18-/m0/s1. The highest BCUT2D eigenvalue weighted by Crippen LogP contribution is 2.18. The van der Waals surface area contributed by atoms with Crippen LogP contribution in [-0.2, 0) is 20.7 Å². The van der Waals surface area contributed by atoms with Crippen molar-refractivity contribution in [1.29, 1.82) is 0 Å². The quantitative estimate of drug-likeness (QED) is 0.641. The zero-order valence-electron chi connectivity index (χ0n) is 16.6. The van der Waals surface area contributed by atoms with Gasteiger partial charge in [-0.05, 0) is 37.8 Å². The number of pyridine rings is 1. The largest absolute Gasteiger partial charge is 0.379 e. The van der Waals surface area contributed by atoms with Gasteiger partial charge >= 0.3 is 0 Å². The number of nitrogens with zero attached hydrogens (tertiary/aromatic N) is 3. The molecule has 2 aliphatic heterocycles. The minimum absolute atomic E-state index is 0.0849. The van der Waals surface area contributed by atoms with E-state index in [4.69, 9.17) is 4.74 Å². The van der Waals surface area contributed by atoms with Crippen LogP contribution in [0.2, 0.25) is 0 Å². The van der Waals surface area contributed by atoms with Crippen LogP contribution in [0.25, 0.3) is 0 Å². The van der Waals surface area contributed by atoms with Gasteiger partial charge in [0.2, 0.25) is 11.8 Å². The number of likely N-dealkylation sites (tertiary alicyclic amines) is 1. The molecule has 0 aromatic carbocycles. The second-order valence-corrected chi connectivity index (χ2v) is 7.60. The molecule has 1 atom stereocenters. The van der Waals surface area contributed by atoms with Crippen LogP contribution in [0.15, 0.2) is 24.4 Å². The Balaban J connectivity index is 1.33. The van der Waals surface area contributed by atoms with Crippen LogP contribution in [0.5, 0.6) is 0 Å². The number of carbonyl (C=O) groups is 2. The zero-order chi connectivity index (χ0) is 19.6. The van der Waals surface area contributed by atoms with Crippen molar-refractivity contribution in [2.45, 2.75) is 32.1 Å². The maximum Gasteiger partial charge on any atom is 0.224 e. The Morgan fingerprint density at radius 3 is 2.86 bits per heavy atom. The maximum atomic E-state index is 12.5. The van der Waals surface area contributed by atoms with Crippen molar-refractivity contribution in [2.24, 2.45) is 5.92 Å².